The lowest BCUT2D eigenvalue weighted by Crippen LogP contribution is -2.18. The average Bonchev–Trinajstić information content (AvgIpc) is 2.50. The summed E-state index contributed by atoms with van der Waals surface area (Å²) in [5.41, 5.74) is 0.403. The molecule has 0 aromatic rings. The molecule has 0 amide bonds. The number of rotatable bonds is 2. The first-order valence-electron chi connectivity index (χ1n) is 10.4. The van der Waals surface area contributed by atoms with E-state index in [9.17, 15) is 5.11 Å². The SMILES string of the molecule is CC1(CCO)CCCCCCCCCCCCCCCCC1. The van der Waals surface area contributed by atoms with E-state index < -0.39 is 0 Å². The quantitative estimate of drug-likeness (QED) is 0.581. The molecule has 0 heterocycles. The first-order valence-corrected chi connectivity index (χ1v) is 10.4. The van der Waals surface area contributed by atoms with Gasteiger partial charge in [0.25, 0.3) is 0 Å². The third kappa shape index (κ3) is 10.6. The molecule has 1 aliphatic carbocycles. The lowest BCUT2D eigenvalue weighted by atomic mass is 9.77. The minimum absolute atomic E-state index is 0.372. The van der Waals surface area contributed by atoms with Gasteiger partial charge >= 0.3 is 0 Å². The third-order valence-corrected chi connectivity index (χ3v) is 5.78. The van der Waals surface area contributed by atoms with Crippen LogP contribution in [0, 0.1) is 5.41 Å². The molecule has 22 heavy (non-hydrogen) atoms. The Hall–Kier alpha value is -0.0400. The lowest BCUT2D eigenvalue weighted by Gasteiger charge is -2.29. The highest BCUT2D eigenvalue weighted by atomic mass is 16.3. The van der Waals surface area contributed by atoms with Gasteiger partial charge in [0, 0.05) is 6.61 Å². The third-order valence-electron chi connectivity index (χ3n) is 5.78. The maximum atomic E-state index is 9.38. The predicted octanol–water partition coefficient (Wildman–Crippen LogP) is 7.02. The molecule has 0 bridgehead atoms. The van der Waals surface area contributed by atoms with Crippen LogP contribution in [0.15, 0.2) is 0 Å². The van der Waals surface area contributed by atoms with Crippen molar-refractivity contribution in [2.45, 2.75) is 122 Å². The van der Waals surface area contributed by atoms with Crippen LogP contribution in [0.3, 0.4) is 0 Å². The predicted molar refractivity (Wildman–Crippen MR) is 98.3 cm³/mol. The van der Waals surface area contributed by atoms with Gasteiger partial charge in [-0.25, -0.2) is 0 Å². The highest BCUT2D eigenvalue weighted by molar-refractivity contribution is 4.74. The molecule has 1 saturated carbocycles. The molecule has 0 atom stereocenters. The number of hydrogen-bond acceptors (Lipinski definition) is 1. The summed E-state index contributed by atoms with van der Waals surface area (Å²) in [6.45, 7) is 2.79. The molecule has 0 aromatic carbocycles. The van der Waals surface area contributed by atoms with E-state index >= 15 is 0 Å². The summed E-state index contributed by atoms with van der Waals surface area (Å²) in [6, 6.07) is 0. The van der Waals surface area contributed by atoms with Gasteiger partial charge in [-0.3, -0.25) is 0 Å². The second kappa shape index (κ2) is 13.4. The monoisotopic (exact) mass is 310 g/mol. The van der Waals surface area contributed by atoms with Crippen molar-refractivity contribution in [2.24, 2.45) is 5.41 Å². The summed E-state index contributed by atoms with van der Waals surface area (Å²) in [5, 5.41) is 9.38. The van der Waals surface area contributed by atoms with Crippen molar-refractivity contribution >= 4 is 0 Å². The highest BCUT2D eigenvalue weighted by Gasteiger charge is 2.22. The largest absolute Gasteiger partial charge is 0.396 e. The minimum Gasteiger partial charge on any atom is -0.396 e. The molecule has 1 rings (SSSR count). The Labute approximate surface area is 140 Å². The molecule has 1 N–H and O–H groups in total. The first kappa shape index (κ1) is 20.0. The molecule has 0 unspecified atom stereocenters. The van der Waals surface area contributed by atoms with Gasteiger partial charge in [-0.1, -0.05) is 103 Å². The lowest BCUT2D eigenvalue weighted by molar-refractivity contribution is 0.166. The summed E-state index contributed by atoms with van der Waals surface area (Å²) in [7, 11) is 0. The Kier molecular flexibility index (Phi) is 12.2. The van der Waals surface area contributed by atoms with Crippen molar-refractivity contribution in [1.82, 2.24) is 0 Å². The van der Waals surface area contributed by atoms with Crippen LogP contribution in [-0.4, -0.2) is 11.7 Å². The molecule has 1 heteroatoms. The van der Waals surface area contributed by atoms with Crippen molar-refractivity contribution < 1.29 is 5.11 Å². The maximum Gasteiger partial charge on any atom is 0.0436 e. The standard InChI is InChI=1S/C21H42O/c1-21(19-20-22)17-15-13-11-9-7-5-3-2-4-6-8-10-12-14-16-18-21/h22H,2-20H2,1H3. The van der Waals surface area contributed by atoms with Crippen LogP contribution < -0.4 is 0 Å². The molecule has 0 saturated heterocycles. The fourth-order valence-corrected chi connectivity index (χ4v) is 4.05. The number of aliphatic hydroxyl groups is 1. The van der Waals surface area contributed by atoms with Crippen molar-refractivity contribution in [3.63, 3.8) is 0 Å². The van der Waals surface area contributed by atoms with Crippen LogP contribution >= 0.6 is 0 Å². The molecule has 0 aliphatic heterocycles. The van der Waals surface area contributed by atoms with E-state index in [1.54, 1.807) is 0 Å². The highest BCUT2D eigenvalue weighted by Crippen LogP contribution is 2.34. The van der Waals surface area contributed by atoms with Gasteiger partial charge in [0.1, 0.15) is 0 Å². The molecular formula is C21H42O. The van der Waals surface area contributed by atoms with E-state index in [1.807, 2.05) is 0 Å². The molecule has 132 valence electrons. The van der Waals surface area contributed by atoms with Crippen LogP contribution in [0.4, 0.5) is 0 Å². The topological polar surface area (TPSA) is 20.2 Å². The second-order valence-electron chi connectivity index (χ2n) is 8.09. The van der Waals surface area contributed by atoms with E-state index in [-0.39, 0.29) is 0 Å². The first-order chi connectivity index (χ1) is 10.8. The average molecular weight is 311 g/mol. The van der Waals surface area contributed by atoms with E-state index in [4.69, 9.17) is 0 Å². The van der Waals surface area contributed by atoms with E-state index in [1.165, 1.54) is 109 Å². The summed E-state index contributed by atoms with van der Waals surface area (Å²) in [5.74, 6) is 0. The van der Waals surface area contributed by atoms with Gasteiger partial charge in [0.2, 0.25) is 0 Å². The molecule has 0 spiro atoms. The zero-order valence-corrected chi connectivity index (χ0v) is 15.4. The van der Waals surface area contributed by atoms with Crippen LogP contribution in [0.5, 0.6) is 0 Å². The van der Waals surface area contributed by atoms with Crippen molar-refractivity contribution in [1.29, 1.82) is 0 Å². The molecule has 1 nitrogen and oxygen atoms in total. The summed E-state index contributed by atoms with van der Waals surface area (Å²) >= 11 is 0. The van der Waals surface area contributed by atoms with Gasteiger partial charge in [-0.05, 0) is 24.7 Å². The number of aliphatic hydroxyl groups excluding tert-OH is 1. The molecule has 1 fully saturated rings. The van der Waals surface area contributed by atoms with E-state index in [0.29, 0.717) is 12.0 Å². The van der Waals surface area contributed by atoms with E-state index in [2.05, 4.69) is 6.92 Å². The molecular weight excluding hydrogens is 268 g/mol. The van der Waals surface area contributed by atoms with Gasteiger partial charge in [0.15, 0.2) is 0 Å². The van der Waals surface area contributed by atoms with Crippen LogP contribution in [-0.2, 0) is 0 Å². The van der Waals surface area contributed by atoms with Crippen LogP contribution in [0.2, 0.25) is 0 Å². The van der Waals surface area contributed by atoms with Crippen molar-refractivity contribution in [3.05, 3.63) is 0 Å². The Morgan fingerprint density at radius 1 is 0.545 bits per heavy atom. The number of hydrogen-bond donors (Lipinski definition) is 1. The zero-order valence-electron chi connectivity index (χ0n) is 15.4. The second-order valence-corrected chi connectivity index (χ2v) is 8.09. The zero-order chi connectivity index (χ0) is 15.9. The Morgan fingerprint density at radius 3 is 1.09 bits per heavy atom. The smallest absolute Gasteiger partial charge is 0.0436 e. The van der Waals surface area contributed by atoms with Crippen LogP contribution in [0.25, 0.3) is 0 Å². The fraction of sp³-hybridized carbons (Fsp3) is 1.00. The fourth-order valence-electron chi connectivity index (χ4n) is 4.05. The molecule has 1 aliphatic rings. The summed E-state index contributed by atoms with van der Waals surface area (Å²) in [4.78, 5) is 0. The minimum atomic E-state index is 0.372. The maximum absolute atomic E-state index is 9.38. The Bertz CT molecular complexity index is 218. The van der Waals surface area contributed by atoms with Crippen LogP contribution in [0.1, 0.15) is 122 Å². The van der Waals surface area contributed by atoms with Crippen molar-refractivity contribution in [2.75, 3.05) is 6.61 Å². The van der Waals surface area contributed by atoms with E-state index in [0.717, 1.165) is 6.42 Å². The molecule has 0 aromatic heterocycles. The Balaban J connectivity index is 2.30. The summed E-state index contributed by atoms with van der Waals surface area (Å²) in [6.07, 6.45) is 25.2. The van der Waals surface area contributed by atoms with Gasteiger partial charge in [-0.15, -0.1) is 0 Å². The van der Waals surface area contributed by atoms with Crippen molar-refractivity contribution in [3.8, 4) is 0 Å². The van der Waals surface area contributed by atoms with Gasteiger partial charge in [0.05, 0.1) is 0 Å². The molecule has 0 radical (unpaired) electrons. The Morgan fingerprint density at radius 2 is 0.818 bits per heavy atom. The van der Waals surface area contributed by atoms with Gasteiger partial charge in [-0.2, -0.15) is 0 Å². The van der Waals surface area contributed by atoms with Gasteiger partial charge < -0.3 is 5.11 Å². The summed E-state index contributed by atoms with van der Waals surface area (Å²) < 4.78 is 0. The normalized spacial score (nSPS) is 24.3.